The summed E-state index contributed by atoms with van der Waals surface area (Å²) in [6.07, 6.45) is -4.08. The van der Waals surface area contributed by atoms with E-state index in [0.717, 1.165) is 5.56 Å². The largest absolute Gasteiger partial charge is 0.535 e. The number of rotatable bonds is 4. The normalized spacial score (nSPS) is 11.4. The quantitative estimate of drug-likeness (QED) is 0.295. The van der Waals surface area contributed by atoms with Crippen LogP contribution in [0.25, 0.3) is 0 Å². The molecule has 1 rings (SSSR count). The summed E-state index contributed by atoms with van der Waals surface area (Å²) in [7, 11) is 0. The minimum absolute atomic E-state index is 0.0519. The molecule has 18 heavy (non-hydrogen) atoms. The standard InChI is InChI=1S/C11H12F2N2O3/c1-7-2-4-8(5-3-7)10(14)15-18-11(16)17-6-9(12)13/h2-5,9H,6H2,1H3,(H2,14,15). The fourth-order valence-corrected chi connectivity index (χ4v) is 1.02. The molecule has 0 unspecified atom stereocenters. The van der Waals surface area contributed by atoms with Crippen LogP contribution in [0.5, 0.6) is 0 Å². The molecule has 0 aliphatic heterocycles. The molecule has 0 aliphatic rings. The Morgan fingerprint density at radius 2 is 2.00 bits per heavy atom. The third-order valence-corrected chi connectivity index (χ3v) is 1.89. The molecule has 0 saturated carbocycles. The number of hydrogen-bond donors (Lipinski definition) is 1. The first kappa shape index (κ1) is 13.9. The summed E-state index contributed by atoms with van der Waals surface area (Å²) in [5, 5.41) is 3.28. The highest BCUT2D eigenvalue weighted by Crippen LogP contribution is 2.03. The van der Waals surface area contributed by atoms with E-state index in [1.807, 2.05) is 6.92 Å². The minimum atomic E-state index is -2.75. The van der Waals surface area contributed by atoms with Crippen LogP contribution in [0.15, 0.2) is 29.4 Å². The average molecular weight is 258 g/mol. The zero-order valence-electron chi connectivity index (χ0n) is 9.60. The van der Waals surface area contributed by atoms with Gasteiger partial charge in [0.25, 0.3) is 6.43 Å². The molecule has 0 fully saturated rings. The molecule has 1 aromatic rings. The maximum absolute atomic E-state index is 11.7. The van der Waals surface area contributed by atoms with Gasteiger partial charge in [-0.25, -0.2) is 13.6 Å². The van der Waals surface area contributed by atoms with Gasteiger partial charge in [0.05, 0.1) is 0 Å². The molecule has 1 aromatic carbocycles. The van der Waals surface area contributed by atoms with Crippen LogP contribution < -0.4 is 5.73 Å². The molecule has 0 atom stereocenters. The number of alkyl halides is 2. The first-order valence-electron chi connectivity index (χ1n) is 5.01. The molecule has 2 N–H and O–H groups in total. The number of carbonyl (C=O) groups excluding carboxylic acids is 1. The van der Waals surface area contributed by atoms with E-state index in [0.29, 0.717) is 5.56 Å². The average Bonchev–Trinajstić information content (AvgIpc) is 2.34. The summed E-state index contributed by atoms with van der Waals surface area (Å²) in [5.41, 5.74) is 7.09. The smallest absolute Gasteiger partial charge is 0.427 e. The summed E-state index contributed by atoms with van der Waals surface area (Å²) in [5.74, 6) is -0.0519. The van der Waals surface area contributed by atoms with Gasteiger partial charge in [0.15, 0.2) is 12.4 Å². The van der Waals surface area contributed by atoms with Crippen LogP contribution in [0.3, 0.4) is 0 Å². The number of aryl methyl sites for hydroxylation is 1. The van der Waals surface area contributed by atoms with Crippen molar-refractivity contribution in [1.82, 2.24) is 0 Å². The van der Waals surface area contributed by atoms with Gasteiger partial charge in [0.2, 0.25) is 0 Å². The van der Waals surface area contributed by atoms with Gasteiger partial charge in [-0.15, -0.1) is 0 Å². The number of ether oxygens (including phenoxy) is 1. The number of halogens is 2. The molecule has 0 radical (unpaired) electrons. The zero-order valence-corrected chi connectivity index (χ0v) is 9.60. The molecule has 0 saturated heterocycles. The number of nitrogens with two attached hydrogens (primary N) is 1. The predicted molar refractivity (Wildman–Crippen MR) is 60.3 cm³/mol. The molecule has 0 spiro atoms. The van der Waals surface area contributed by atoms with Gasteiger partial charge in [-0.1, -0.05) is 35.0 Å². The molecular weight excluding hydrogens is 246 g/mol. The van der Waals surface area contributed by atoms with Crippen molar-refractivity contribution in [2.24, 2.45) is 10.9 Å². The van der Waals surface area contributed by atoms with Gasteiger partial charge < -0.3 is 10.5 Å². The topological polar surface area (TPSA) is 73.9 Å². The van der Waals surface area contributed by atoms with Crippen LogP contribution in [0.4, 0.5) is 13.6 Å². The Bertz CT molecular complexity index is 432. The summed E-state index contributed by atoms with van der Waals surface area (Å²) in [6.45, 7) is 0.855. The van der Waals surface area contributed by atoms with Crippen molar-refractivity contribution in [2.75, 3.05) is 6.61 Å². The number of carbonyl (C=O) groups is 1. The van der Waals surface area contributed by atoms with Gasteiger partial charge in [0, 0.05) is 5.56 Å². The zero-order chi connectivity index (χ0) is 13.5. The predicted octanol–water partition coefficient (Wildman–Crippen LogP) is 2.03. The highest BCUT2D eigenvalue weighted by atomic mass is 19.3. The number of nitrogens with zero attached hydrogens (tertiary/aromatic N) is 1. The lowest BCUT2D eigenvalue weighted by Gasteiger charge is -2.02. The van der Waals surface area contributed by atoms with E-state index in [-0.39, 0.29) is 5.84 Å². The Labute approximate surface area is 102 Å². The molecule has 0 heterocycles. The van der Waals surface area contributed by atoms with Crippen LogP contribution >= 0.6 is 0 Å². The Kier molecular flexibility index (Phi) is 5.04. The molecule has 0 aliphatic carbocycles. The van der Waals surface area contributed by atoms with E-state index in [4.69, 9.17) is 5.73 Å². The summed E-state index contributed by atoms with van der Waals surface area (Å²) in [4.78, 5) is 15.0. The second-order valence-corrected chi connectivity index (χ2v) is 3.39. The van der Waals surface area contributed by atoms with Crippen LogP contribution in [-0.2, 0) is 9.57 Å². The van der Waals surface area contributed by atoms with Crippen LogP contribution in [0.1, 0.15) is 11.1 Å². The van der Waals surface area contributed by atoms with Crippen LogP contribution in [-0.4, -0.2) is 25.0 Å². The third kappa shape index (κ3) is 4.77. The van der Waals surface area contributed by atoms with Crippen molar-refractivity contribution < 1.29 is 23.1 Å². The molecule has 7 heteroatoms. The van der Waals surface area contributed by atoms with Crippen molar-refractivity contribution in [1.29, 1.82) is 0 Å². The van der Waals surface area contributed by atoms with Crippen molar-refractivity contribution >= 4 is 12.0 Å². The Morgan fingerprint density at radius 3 is 2.56 bits per heavy atom. The number of oxime groups is 1. The van der Waals surface area contributed by atoms with E-state index >= 15 is 0 Å². The maximum atomic E-state index is 11.7. The van der Waals surface area contributed by atoms with E-state index in [2.05, 4.69) is 14.7 Å². The van der Waals surface area contributed by atoms with Crippen molar-refractivity contribution in [3.63, 3.8) is 0 Å². The van der Waals surface area contributed by atoms with Gasteiger partial charge in [-0.05, 0) is 6.92 Å². The van der Waals surface area contributed by atoms with Crippen LogP contribution in [0.2, 0.25) is 0 Å². The van der Waals surface area contributed by atoms with Crippen LogP contribution in [0, 0.1) is 6.92 Å². The number of benzene rings is 1. The van der Waals surface area contributed by atoms with E-state index in [1.165, 1.54) is 0 Å². The summed E-state index contributed by atoms with van der Waals surface area (Å²) < 4.78 is 27.4. The highest BCUT2D eigenvalue weighted by molar-refractivity contribution is 5.97. The molecule has 0 bridgehead atoms. The molecule has 0 amide bonds. The summed E-state index contributed by atoms with van der Waals surface area (Å²) in [6, 6.07) is 6.96. The first-order chi connectivity index (χ1) is 8.49. The van der Waals surface area contributed by atoms with E-state index in [1.54, 1.807) is 24.3 Å². The minimum Gasteiger partial charge on any atom is -0.427 e. The Morgan fingerprint density at radius 1 is 1.39 bits per heavy atom. The SMILES string of the molecule is Cc1ccc(/C(N)=N/OC(=O)OCC(F)F)cc1. The lowest BCUT2D eigenvalue weighted by atomic mass is 10.1. The second kappa shape index (κ2) is 6.53. The van der Waals surface area contributed by atoms with Gasteiger partial charge in [-0.3, -0.25) is 4.84 Å². The van der Waals surface area contributed by atoms with Gasteiger partial charge in [0.1, 0.15) is 0 Å². The Balaban J connectivity index is 2.51. The molecule has 5 nitrogen and oxygen atoms in total. The fourth-order valence-electron chi connectivity index (χ4n) is 1.02. The molecule has 98 valence electrons. The van der Waals surface area contributed by atoms with Crippen molar-refractivity contribution in [3.05, 3.63) is 35.4 Å². The molecular formula is C11H12F2N2O3. The lowest BCUT2D eigenvalue weighted by Crippen LogP contribution is -2.16. The van der Waals surface area contributed by atoms with Crippen molar-refractivity contribution in [2.45, 2.75) is 13.3 Å². The van der Waals surface area contributed by atoms with Crippen molar-refractivity contribution in [3.8, 4) is 0 Å². The number of hydrogen-bond acceptors (Lipinski definition) is 4. The third-order valence-electron chi connectivity index (χ3n) is 1.89. The fraction of sp³-hybridized carbons (Fsp3) is 0.273. The Hall–Kier alpha value is -2.18. The lowest BCUT2D eigenvalue weighted by molar-refractivity contribution is 0.00816. The van der Waals surface area contributed by atoms with E-state index < -0.39 is 19.2 Å². The summed E-state index contributed by atoms with van der Waals surface area (Å²) >= 11 is 0. The number of amidine groups is 1. The second-order valence-electron chi connectivity index (χ2n) is 3.39. The monoisotopic (exact) mass is 258 g/mol. The molecule has 0 aromatic heterocycles. The van der Waals surface area contributed by atoms with Gasteiger partial charge >= 0.3 is 6.16 Å². The maximum Gasteiger partial charge on any atom is 0.535 e. The van der Waals surface area contributed by atoms with Gasteiger partial charge in [-0.2, -0.15) is 0 Å². The first-order valence-corrected chi connectivity index (χ1v) is 5.01. The van der Waals surface area contributed by atoms with E-state index in [9.17, 15) is 13.6 Å². The highest BCUT2D eigenvalue weighted by Gasteiger charge is 2.10.